The largest absolute Gasteiger partial charge is 0.495 e. The Morgan fingerprint density at radius 2 is 1.78 bits per heavy atom. The maximum Gasteiger partial charge on any atom is 0.245 e. The van der Waals surface area contributed by atoms with Gasteiger partial charge >= 0.3 is 0 Å². The Balaban J connectivity index is 2.00. The minimum Gasteiger partial charge on any atom is -0.495 e. The van der Waals surface area contributed by atoms with E-state index in [4.69, 9.17) is 9.47 Å². The van der Waals surface area contributed by atoms with Crippen LogP contribution in [0.15, 0.2) is 53.4 Å². The van der Waals surface area contributed by atoms with Crippen LogP contribution in [0.5, 0.6) is 5.75 Å². The molecule has 1 saturated heterocycles. The number of ether oxygens (including phenoxy) is 2. The molecule has 122 valence electrons. The maximum absolute atomic E-state index is 14.1. The Morgan fingerprint density at radius 3 is 2.39 bits per heavy atom. The van der Waals surface area contributed by atoms with Gasteiger partial charge < -0.3 is 9.47 Å². The molecule has 2 aromatic carbocycles. The summed E-state index contributed by atoms with van der Waals surface area (Å²) >= 11 is 0. The molecule has 1 aliphatic heterocycles. The number of rotatable bonds is 5. The van der Waals surface area contributed by atoms with Crippen molar-refractivity contribution in [3.05, 3.63) is 59.9 Å². The van der Waals surface area contributed by atoms with Crippen LogP contribution >= 0.6 is 0 Å². The van der Waals surface area contributed by atoms with Crippen molar-refractivity contribution in [2.45, 2.75) is 10.4 Å². The summed E-state index contributed by atoms with van der Waals surface area (Å²) in [7, 11) is -2.51. The van der Waals surface area contributed by atoms with E-state index in [-0.39, 0.29) is 29.4 Å². The van der Waals surface area contributed by atoms with Gasteiger partial charge in [0.15, 0.2) is 0 Å². The molecular weight excluding hydrogens is 321 g/mol. The molecule has 1 fully saturated rings. The summed E-state index contributed by atoms with van der Waals surface area (Å²) in [6, 6.07) is 12.4. The van der Waals surface area contributed by atoms with Crippen molar-refractivity contribution in [2.24, 2.45) is 0 Å². The van der Waals surface area contributed by atoms with Crippen LogP contribution in [0.2, 0.25) is 0 Å². The number of hydrogen-bond acceptors (Lipinski definition) is 4. The molecular formula is C16H16FNO4S. The zero-order valence-corrected chi connectivity index (χ0v) is 13.3. The van der Waals surface area contributed by atoms with Gasteiger partial charge in [-0.2, -0.15) is 4.72 Å². The summed E-state index contributed by atoms with van der Waals surface area (Å²) in [6.45, 7) is 0.143. The minimum absolute atomic E-state index is 0.00474. The first-order chi connectivity index (χ1) is 11.0. The lowest BCUT2D eigenvalue weighted by Gasteiger charge is -2.42. The Bertz CT molecular complexity index is 818. The van der Waals surface area contributed by atoms with E-state index in [0.717, 1.165) is 0 Å². The topological polar surface area (TPSA) is 64.6 Å². The van der Waals surface area contributed by atoms with Crippen molar-refractivity contribution < 1.29 is 22.3 Å². The fourth-order valence-electron chi connectivity index (χ4n) is 2.58. The predicted octanol–water partition coefficient (Wildman–Crippen LogP) is 2.04. The molecule has 1 aliphatic rings. The zero-order chi connectivity index (χ0) is 16.5. The van der Waals surface area contributed by atoms with Gasteiger partial charge in [0.1, 0.15) is 22.0 Å². The highest BCUT2D eigenvalue weighted by Gasteiger charge is 2.46. The highest BCUT2D eigenvalue weighted by atomic mass is 32.2. The van der Waals surface area contributed by atoms with E-state index in [2.05, 4.69) is 4.72 Å². The van der Waals surface area contributed by atoms with Crippen molar-refractivity contribution in [1.82, 2.24) is 4.72 Å². The fraction of sp³-hybridized carbons (Fsp3) is 0.250. The van der Waals surface area contributed by atoms with Crippen LogP contribution in [0.1, 0.15) is 5.56 Å². The van der Waals surface area contributed by atoms with Gasteiger partial charge in [-0.05, 0) is 18.2 Å². The Morgan fingerprint density at radius 1 is 1.13 bits per heavy atom. The number of benzene rings is 2. The third-order valence-corrected chi connectivity index (χ3v) is 5.35. The molecule has 7 heteroatoms. The van der Waals surface area contributed by atoms with E-state index in [0.29, 0.717) is 0 Å². The van der Waals surface area contributed by atoms with Crippen LogP contribution in [-0.2, 0) is 20.3 Å². The van der Waals surface area contributed by atoms with Gasteiger partial charge in [-0.15, -0.1) is 0 Å². The summed E-state index contributed by atoms with van der Waals surface area (Å²) in [5.74, 6) is -0.248. The lowest BCUT2D eigenvalue weighted by atomic mass is 9.89. The maximum atomic E-state index is 14.1. The molecule has 0 bridgehead atoms. The lowest BCUT2D eigenvalue weighted by Crippen LogP contribution is -2.59. The lowest BCUT2D eigenvalue weighted by molar-refractivity contribution is -0.0680. The summed E-state index contributed by atoms with van der Waals surface area (Å²) < 4.78 is 52.4. The normalized spacial score (nSPS) is 16.6. The molecule has 0 saturated carbocycles. The van der Waals surface area contributed by atoms with Crippen LogP contribution in [0.25, 0.3) is 0 Å². The molecule has 0 spiro atoms. The monoisotopic (exact) mass is 337 g/mol. The molecule has 2 aromatic rings. The number of methoxy groups -OCH3 is 1. The average molecular weight is 337 g/mol. The molecule has 0 unspecified atom stereocenters. The molecule has 1 heterocycles. The van der Waals surface area contributed by atoms with E-state index >= 15 is 0 Å². The van der Waals surface area contributed by atoms with Crippen LogP contribution < -0.4 is 9.46 Å². The molecule has 23 heavy (non-hydrogen) atoms. The van der Waals surface area contributed by atoms with Crippen molar-refractivity contribution in [3.63, 3.8) is 0 Å². The van der Waals surface area contributed by atoms with E-state index in [9.17, 15) is 12.8 Å². The van der Waals surface area contributed by atoms with Gasteiger partial charge in [0.25, 0.3) is 0 Å². The molecule has 0 radical (unpaired) electrons. The van der Waals surface area contributed by atoms with Gasteiger partial charge in [0.2, 0.25) is 10.0 Å². The second-order valence-corrected chi connectivity index (χ2v) is 6.96. The number of nitrogens with one attached hydrogen (secondary N) is 1. The summed E-state index contributed by atoms with van der Waals surface area (Å²) in [5.41, 5.74) is -0.838. The SMILES string of the molecule is COc1ccccc1S(=O)(=O)NC1(c2ccccc2F)COC1. The molecule has 0 atom stereocenters. The predicted molar refractivity (Wildman–Crippen MR) is 82.2 cm³/mol. The number of halogens is 1. The van der Waals surface area contributed by atoms with Gasteiger partial charge in [-0.1, -0.05) is 30.3 Å². The quantitative estimate of drug-likeness (QED) is 0.907. The number of sulfonamides is 1. The third kappa shape index (κ3) is 2.83. The Hall–Kier alpha value is -1.96. The van der Waals surface area contributed by atoms with Crippen LogP contribution in [-0.4, -0.2) is 28.7 Å². The molecule has 0 aliphatic carbocycles. The summed E-state index contributed by atoms with van der Waals surface area (Å²) in [4.78, 5) is 0.00474. The smallest absolute Gasteiger partial charge is 0.245 e. The molecule has 0 aromatic heterocycles. The number of para-hydroxylation sites is 1. The second kappa shape index (κ2) is 5.92. The Labute approximate surface area is 134 Å². The van der Waals surface area contributed by atoms with Crippen molar-refractivity contribution in [2.75, 3.05) is 20.3 Å². The van der Waals surface area contributed by atoms with Gasteiger partial charge in [-0.3, -0.25) is 0 Å². The summed E-state index contributed by atoms with van der Waals surface area (Å²) in [6.07, 6.45) is 0. The van der Waals surface area contributed by atoms with Gasteiger partial charge in [0.05, 0.1) is 20.3 Å². The second-order valence-electron chi connectivity index (χ2n) is 5.31. The van der Waals surface area contributed by atoms with Crippen molar-refractivity contribution in [1.29, 1.82) is 0 Å². The van der Waals surface area contributed by atoms with E-state index in [1.165, 1.54) is 19.2 Å². The first-order valence-corrected chi connectivity index (χ1v) is 8.47. The van der Waals surface area contributed by atoms with Gasteiger partial charge in [0, 0.05) is 5.56 Å². The van der Waals surface area contributed by atoms with E-state index in [1.54, 1.807) is 36.4 Å². The van der Waals surface area contributed by atoms with Crippen LogP contribution in [0.3, 0.4) is 0 Å². The molecule has 3 rings (SSSR count). The van der Waals surface area contributed by atoms with Crippen LogP contribution in [0.4, 0.5) is 4.39 Å². The molecule has 1 N–H and O–H groups in total. The minimum atomic E-state index is -3.91. The standard InChI is InChI=1S/C16H16FNO4S/c1-21-14-8-4-5-9-15(14)23(19,20)18-16(10-22-11-16)12-6-2-3-7-13(12)17/h2-9,18H,10-11H2,1H3. The highest BCUT2D eigenvalue weighted by molar-refractivity contribution is 7.89. The fourth-order valence-corrected chi connectivity index (χ4v) is 4.10. The van der Waals surface area contributed by atoms with Crippen LogP contribution in [0, 0.1) is 5.82 Å². The van der Waals surface area contributed by atoms with E-state index in [1.807, 2.05) is 0 Å². The summed E-state index contributed by atoms with van der Waals surface area (Å²) in [5, 5.41) is 0. The first-order valence-electron chi connectivity index (χ1n) is 6.98. The van der Waals surface area contributed by atoms with Crippen molar-refractivity contribution in [3.8, 4) is 5.75 Å². The molecule has 0 amide bonds. The highest BCUT2D eigenvalue weighted by Crippen LogP contribution is 2.34. The Kier molecular flexibility index (Phi) is 4.09. The third-order valence-electron chi connectivity index (χ3n) is 3.77. The van der Waals surface area contributed by atoms with Crippen molar-refractivity contribution >= 4 is 10.0 Å². The molecule has 5 nitrogen and oxygen atoms in total. The van der Waals surface area contributed by atoms with E-state index < -0.39 is 21.4 Å². The first kappa shape index (κ1) is 15.9. The zero-order valence-electron chi connectivity index (χ0n) is 12.5. The number of hydrogen-bond donors (Lipinski definition) is 1. The average Bonchev–Trinajstić information content (AvgIpc) is 2.52. The van der Waals surface area contributed by atoms with Gasteiger partial charge in [-0.25, -0.2) is 12.8 Å².